The van der Waals surface area contributed by atoms with Gasteiger partial charge in [-0.05, 0) is 31.5 Å². The molecule has 0 bridgehead atoms. The highest BCUT2D eigenvalue weighted by Gasteiger charge is 2.23. The molecule has 0 radical (unpaired) electrons. The van der Waals surface area contributed by atoms with Crippen LogP contribution in [-0.2, 0) is 0 Å². The van der Waals surface area contributed by atoms with Crippen LogP contribution in [0.4, 0.5) is 14.9 Å². The third-order valence-corrected chi connectivity index (χ3v) is 3.22. The number of rotatable bonds is 4. The summed E-state index contributed by atoms with van der Waals surface area (Å²) in [5, 5.41) is 14.2. The lowest BCUT2D eigenvalue weighted by atomic mass is 10.0. The predicted molar refractivity (Wildman–Crippen MR) is 72.0 cm³/mol. The molecule has 0 heterocycles. The summed E-state index contributed by atoms with van der Waals surface area (Å²) in [5.74, 6) is -0.526. The van der Waals surface area contributed by atoms with Crippen LogP contribution >= 0.6 is 15.9 Å². The number of amides is 2. The van der Waals surface area contributed by atoms with Crippen molar-refractivity contribution in [2.75, 3.05) is 11.9 Å². The maximum atomic E-state index is 13.5. The number of aliphatic hydroxyl groups excluding tert-OH is 1. The average molecular weight is 319 g/mol. The molecule has 100 valence electrons. The fourth-order valence-corrected chi connectivity index (χ4v) is 1.59. The number of halogens is 2. The van der Waals surface area contributed by atoms with Gasteiger partial charge in [-0.1, -0.05) is 22.9 Å². The standard InChI is InChI=1S/C12H16BrFN2O2/c1-3-12(2,7-17)16-11(18)15-10-5-4-8(13)6-9(10)14/h4-6,17H,3,7H2,1-2H3,(H2,15,16,18). The van der Waals surface area contributed by atoms with Crippen LogP contribution in [0.2, 0.25) is 0 Å². The molecule has 0 aliphatic heterocycles. The second-order valence-electron chi connectivity index (χ2n) is 4.28. The van der Waals surface area contributed by atoms with Gasteiger partial charge in [0, 0.05) is 4.47 Å². The summed E-state index contributed by atoms with van der Waals surface area (Å²) in [6.07, 6.45) is 0.569. The number of benzene rings is 1. The summed E-state index contributed by atoms with van der Waals surface area (Å²) in [5.41, 5.74) is -0.622. The first-order valence-corrected chi connectivity index (χ1v) is 6.34. The number of hydrogen-bond donors (Lipinski definition) is 3. The van der Waals surface area contributed by atoms with E-state index in [2.05, 4.69) is 26.6 Å². The summed E-state index contributed by atoms with van der Waals surface area (Å²) in [7, 11) is 0. The summed E-state index contributed by atoms with van der Waals surface area (Å²) in [6, 6.07) is 3.81. The van der Waals surface area contributed by atoms with E-state index in [1.807, 2.05) is 6.92 Å². The third-order valence-electron chi connectivity index (χ3n) is 2.72. The smallest absolute Gasteiger partial charge is 0.319 e. The minimum Gasteiger partial charge on any atom is -0.394 e. The molecule has 0 saturated heterocycles. The highest BCUT2D eigenvalue weighted by atomic mass is 79.9. The zero-order chi connectivity index (χ0) is 13.8. The van der Waals surface area contributed by atoms with E-state index in [-0.39, 0.29) is 12.3 Å². The van der Waals surface area contributed by atoms with Crippen molar-refractivity contribution in [2.24, 2.45) is 0 Å². The Kier molecular flexibility index (Phi) is 5.10. The van der Waals surface area contributed by atoms with Gasteiger partial charge < -0.3 is 15.7 Å². The van der Waals surface area contributed by atoms with Gasteiger partial charge in [0.1, 0.15) is 5.82 Å². The van der Waals surface area contributed by atoms with Gasteiger partial charge in [0.05, 0.1) is 17.8 Å². The molecular weight excluding hydrogens is 303 g/mol. The van der Waals surface area contributed by atoms with Gasteiger partial charge in [-0.15, -0.1) is 0 Å². The number of carbonyl (C=O) groups is 1. The molecule has 1 aromatic carbocycles. The van der Waals surface area contributed by atoms with Crippen LogP contribution < -0.4 is 10.6 Å². The first kappa shape index (κ1) is 14.9. The highest BCUT2D eigenvalue weighted by Crippen LogP contribution is 2.19. The van der Waals surface area contributed by atoms with Crippen LogP contribution in [0.1, 0.15) is 20.3 Å². The van der Waals surface area contributed by atoms with Crippen LogP contribution in [0.5, 0.6) is 0 Å². The maximum absolute atomic E-state index is 13.5. The quantitative estimate of drug-likeness (QED) is 0.799. The van der Waals surface area contributed by atoms with Crippen LogP contribution in [0.25, 0.3) is 0 Å². The minimum atomic E-state index is -0.712. The predicted octanol–water partition coefficient (Wildman–Crippen LogP) is 2.87. The fourth-order valence-electron chi connectivity index (χ4n) is 1.26. The lowest BCUT2D eigenvalue weighted by Gasteiger charge is -2.27. The Morgan fingerprint density at radius 2 is 2.22 bits per heavy atom. The van der Waals surface area contributed by atoms with Crippen LogP contribution in [0, 0.1) is 5.82 Å². The Bertz CT molecular complexity index is 436. The molecule has 2 amide bonds. The molecule has 4 nitrogen and oxygen atoms in total. The number of aliphatic hydroxyl groups is 1. The van der Waals surface area contributed by atoms with Gasteiger partial charge in [-0.25, -0.2) is 9.18 Å². The fraction of sp³-hybridized carbons (Fsp3) is 0.417. The zero-order valence-corrected chi connectivity index (χ0v) is 11.8. The Balaban J connectivity index is 2.70. The number of carbonyl (C=O) groups excluding carboxylic acids is 1. The van der Waals surface area contributed by atoms with Crippen molar-refractivity contribution in [1.82, 2.24) is 5.32 Å². The van der Waals surface area contributed by atoms with E-state index in [4.69, 9.17) is 5.11 Å². The number of urea groups is 1. The molecule has 0 fully saturated rings. The maximum Gasteiger partial charge on any atom is 0.319 e. The number of hydrogen-bond acceptors (Lipinski definition) is 2. The zero-order valence-electron chi connectivity index (χ0n) is 10.3. The number of anilines is 1. The van der Waals surface area contributed by atoms with Crippen molar-refractivity contribution in [2.45, 2.75) is 25.8 Å². The monoisotopic (exact) mass is 318 g/mol. The summed E-state index contributed by atoms with van der Waals surface area (Å²) in [4.78, 5) is 11.7. The van der Waals surface area contributed by atoms with Gasteiger partial charge in [0.15, 0.2) is 0 Å². The molecule has 1 rings (SSSR count). The van der Waals surface area contributed by atoms with E-state index in [1.165, 1.54) is 12.1 Å². The Morgan fingerprint density at radius 1 is 1.56 bits per heavy atom. The van der Waals surface area contributed by atoms with E-state index in [0.717, 1.165) is 0 Å². The molecular formula is C12H16BrFN2O2. The second kappa shape index (κ2) is 6.15. The first-order valence-electron chi connectivity index (χ1n) is 5.55. The molecule has 0 aliphatic carbocycles. The molecule has 1 aromatic rings. The lowest BCUT2D eigenvalue weighted by molar-refractivity contribution is 0.172. The van der Waals surface area contributed by atoms with Crippen molar-refractivity contribution in [3.05, 3.63) is 28.5 Å². The van der Waals surface area contributed by atoms with E-state index in [9.17, 15) is 9.18 Å². The second-order valence-corrected chi connectivity index (χ2v) is 5.19. The summed E-state index contributed by atoms with van der Waals surface area (Å²) < 4.78 is 14.1. The van der Waals surface area contributed by atoms with Crippen molar-refractivity contribution < 1.29 is 14.3 Å². The molecule has 0 aromatic heterocycles. The van der Waals surface area contributed by atoms with Crippen LogP contribution in [0.15, 0.2) is 22.7 Å². The largest absolute Gasteiger partial charge is 0.394 e. The molecule has 1 atom stereocenters. The van der Waals surface area contributed by atoms with Crippen molar-refractivity contribution in [3.63, 3.8) is 0 Å². The third kappa shape index (κ3) is 3.96. The molecule has 1 unspecified atom stereocenters. The molecule has 18 heavy (non-hydrogen) atoms. The summed E-state index contributed by atoms with van der Waals surface area (Å²) >= 11 is 3.13. The first-order chi connectivity index (χ1) is 8.40. The highest BCUT2D eigenvalue weighted by molar-refractivity contribution is 9.10. The van der Waals surface area contributed by atoms with E-state index in [1.54, 1.807) is 13.0 Å². The van der Waals surface area contributed by atoms with Crippen LogP contribution in [-0.4, -0.2) is 23.3 Å². The summed E-state index contributed by atoms with van der Waals surface area (Å²) in [6.45, 7) is 3.38. The van der Waals surface area contributed by atoms with Gasteiger partial charge in [0.2, 0.25) is 0 Å². The number of nitrogens with one attached hydrogen (secondary N) is 2. The van der Waals surface area contributed by atoms with Crippen molar-refractivity contribution in [3.8, 4) is 0 Å². The molecule has 3 N–H and O–H groups in total. The molecule has 0 spiro atoms. The van der Waals surface area contributed by atoms with Gasteiger partial charge in [-0.2, -0.15) is 0 Å². The van der Waals surface area contributed by atoms with Gasteiger partial charge in [0.25, 0.3) is 0 Å². The van der Waals surface area contributed by atoms with E-state index < -0.39 is 17.4 Å². The Hall–Kier alpha value is -1.14. The lowest BCUT2D eigenvalue weighted by Crippen LogP contribution is -2.50. The van der Waals surface area contributed by atoms with Crippen molar-refractivity contribution in [1.29, 1.82) is 0 Å². The molecule has 0 aliphatic rings. The van der Waals surface area contributed by atoms with Gasteiger partial charge >= 0.3 is 6.03 Å². The van der Waals surface area contributed by atoms with Gasteiger partial charge in [-0.3, -0.25) is 0 Å². The SMILES string of the molecule is CCC(C)(CO)NC(=O)Nc1ccc(Br)cc1F. The molecule has 6 heteroatoms. The van der Waals surface area contributed by atoms with E-state index in [0.29, 0.717) is 10.9 Å². The Labute approximate surface area is 114 Å². The molecule has 0 saturated carbocycles. The topological polar surface area (TPSA) is 61.4 Å². The Morgan fingerprint density at radius 3 is 2.72 bits per heavy atom. The van der Waals surface area contributed by atoms with Crippen molar-refractivity contribution >= 4 is 27.6 Å². The average Bonchev–Trinajstić information content (AvgIpc) is 2.32. The van der Waals surface area contributed by atoms with Crippen LogP contribution in [0.3, 0.4) is 0 Å². The minimum absolute atomic E-state index is 0.0899. The van der Waals surface area contributed by atoms with E-state index >= 15 is 0 Å². The normalized spacial score (nSPS) is 13.8.